The van der Waals surface area contributed by atoms with E-state index in [9.17, 15) is 10.0 Å². The number of hydrogen-bond donors (Lipinski definition) is 3. The molecule has 1 saturated heterocycles. The van der Waals surface area contributed by atoms with E-state index in [0.717, 1.165) is 47.7 Å². The molecule has 0 unspecified atom stereocenters. The third-order valence-electron chi connectivity index (χ3n) is 6.31. The summed E-state index contributed by atoms with van der Waals surface area (Å²) in [5.74, 6) is 0.327. The van der Waals surface area contributed by atoms with E-state index < -0.39 is 0 Å². The van der Waals surface area contributed by atoms with Gasteiger partial charge < -0.3 is 15.8 Å². The molecule has 0 atom stereocenters. The molecule has 1 amide bonds. The quantitative estimate of drug-likeness (QED) is 0.348. The predicted molar refractivity (Wildman–Crippen MR) is 143 cm³/mol. The highest BCUT2D eigenvalue weighted by molar-refractivity contribution is 6.04. The molecular formula is C28H29N7O2. The first-order valence-corrected chi connectivity index (χ1v) is 12.2. The number of piperazine rings is 1. The van der Waals surface area contributed by atoms with Crippen molar-refractivity contribution in [2.24, 2.45) is 0 Å². The maximum absolute atomic E-state index is 12.8. The number of amides is 1. The largest absolute Gasteiger partial charge is 0.324 e. The number of aromatic nitrogens is 3. The summed E-state index contributed by atoms with van der Waals surface area (Å²) < 4.78 is 0. The molecule has 4 aromatic rings. The van der Waals surface area contributed by atoms with Gasteiger partial charge in [-0.25, -0.2) is 9.97 Å². The van der Waals surface area contributed by atoms with Crippen LogP contribution >= 0.6 is 0 Å². The van der Waals surface area contributed by atoms with E-state index in [2.05, 4.69) is 30.5 Å². The topological polar surface area (TPSA) is 107 Å². The van der Waals surface area contributed by atoms with Crippen LogP contribution in [-0.2, 0) is 6.54 Å². The van der Waals surface area contributed by atoms with Crippen molar-refractivity contribution in [1.29, 1.82) is 0 Å². The highest BCUT2D eigenvalue weighted by Gasteiger charge is 2.15. The normalized spacial score (nSPS) is 14.3. The molecule has 37 heavy (non-hydrogen) atoms. The fourth-order valence-electron chi connectivity index (χ4n) is 4.21. The van der Waals surface area contributed by atoms with Gasteiger partial charge in [0.25, 0.3) is 5.91 Å². The van der Waals surface area contributed by atoms with Crippen molar-refractivity contribution in [3.05, 3.63) is 95.9 Å². The van der Waals surface area contributed by atoms with Gasteiger partial charge in [-0.2, -0.15) is 5.06 Å². The van der Waals surface area contributed by atoms with Crippen LogP contribution in [-0.4, -0.2) is 62.2 Å². The van der Waals surface area contributed by atoms with E-state index in [1.165, 1.54) is 5.06 Å². The number of nitrogens with zero attached hydrogens (tertiary/aromatic N) is 5. The smallest absolute Gasteiger partial charge is 0.255 e. The van der Waals surface area contributed by atoms with Crippen molar-refractivity contribution in [3.63, 3.8) is 0 Å². The monoisotopic (exact) mass is 495 g/mol. The molecule has 3 N–H and O–H groups in total. The zero-order valence-electron chi connectivity index (χ0n) is 20.6. The molecule has 2 aromatic heterocycles. The van der Waals surface area contributed by atoms with Gasteiger partial charge in [0.15, 0.2) is 0 Å². The molecule has 1 aliphatic rings. The van der Waals surface area contributed by atoms with E-state index >= 15 is 0 Å². The van der Waals surface area contributed by atoms with Crippen LogP contribution in [0.2, 0.25) is 0 Å². The lowest BCUT2D eigenvalue weighted by Gasteiger charge is -2.31. The zero-order chi connectivity index (χ0) is 25.6. The Morgan fingerprint density at radius 1 is 1.00 bits per heavy atom. The Hall–Kier alpha value is -4.18. The van der Waals surface area contributed by atoms with Crippen LogP contribution in [0.4, 0.5) is 17.3 Å². The standard InChI is InChI=1S/C28H29N7O2/c1-20-17-24(8-9-25(20)32-28-30-12-10-26(33-28)23-3-2-11-29-18-23)31-27(36)22-6-4-21(5-7-22)19-34-13-15-35(37)16-14-34/h2-12,17-18,37H,13-16,19H2,1H3,(H,31,36)(H,30,32,33). The van der Waals surface area contributed by atoms with E-state index in [-0.39, 0.29) is 5.91 Å². The minimum atomic E-state index is -0.159. The van der Waals surface area contributed by atoms with Gasteiger partial charge in [0.1, 0.15) is 0 Å². The van der Waals surface area contributed by atoms with E-state index in [4.69, 9.17) is 0 Å². The first-order chi connectivity index (χ1) is 18.0. The molecule has 0 radical (unpaired) electrons. The molecule has 1 aliphatic heterocycles. The molecule has 0 bridgehead atoms. The number of aryl methyl sites for hydroxylation is 1. The van der Waals surface area contributed by atoms with Gasteiger partial charge in [-0.15, -0.1) is 0 Å². The Morgan fingerprint density at radius 2 is 1.81 bits per heavy atom. The molecule has 5 rings (SSSR count). The van der Waals surface area contributed by atoms with Crippen molar-refractivity contribution < 1.29 is 10.0 Å². The fraction of sp³-hybridized carbons (Fsp3) is 0.214. The third kappa shape index (κ3) is 6.34. The minimum absolute atomic E-state index is 0.159. The average Bonchev–Trinajstić information content (AvgIpc) is 2.92. The van der Waals surface area contributed by atoms with Crippen LogP contribution in [0.3, 0.4) is 0 Å². The third-order valence-corrected chi connectivity index (χ3v) is 6.31. The first kappa shape index (κ1) is 24.5. The number of hydrogen-bond acceptors (Lipinski definition) is 8. The Labute approximate surface area is 215 Å². The van der Waals surface area contributed by atoms with Crippen LogP contribution in [0.1, 0.15) is 21.5 Å². The first-order valence-electron chi connectivity index (χ1n) is 12.2. The van der Waals surface area contributed by atoms with Crippen LogP contribution in [0.15, 0.2) is 79.3 Å². The number of benzene rings is 2. The number of nitrogens with one attached hydrogen (secondary N) is 2. The number of anilines is 3. The van der Waals surface area contributed by atoms with Gasteiger partial charge in [-0.3, -0.25) is 14.7 Å². The summed E-state index contributed by atoms with van der Waals surface area (Å²) >= 11 is 0. The Balaban J connectivity index is 1.20. The summed E-state index contributed by atoms with van der Waals surface area (Å²) in [6.45, 7) is 5.72. The van der Waals surface area contributed by atoms with Crippen LogP contribution in [0.5, 0.6) is 0 Å². The number of rotatable bonds is 7. The van der Waals surface area contributed by atoms with E-state index in [0.29, 0.717) is 30.3 Å². The van der Waals surface area contributed by atoms with Gasteiger partial charge in [-0.1, -0.05) is 12.1 Å². The van der Waals surface area contributed by atoms with Gasteiger partial charge >= 0.3 is 0 Å². The lowest BCUT2D eigenvalue weighted by Crippen LogP contribution is -2.44. The maximum atomic E-state index is 12.8. The van der Waals surface area contributed by atoms with Crippen molar-refractivity contribution in [2.75, 3.05) is 36.8 Å². The van der Waals surface area contributed by atoms with Gasteiger partial charge in [0, 0.05) is 73.8 Å². The molecule has 9 nitrogen and oxygen atoms in total. The second-order valence-electron chi connectivity index (χ2n) is 9.04. The molecule has 0 saturated carbocycles. The highest BCUT2D eigenvalue weighted by atomic mass is 16.5. The summed E-state index contributed by atoms with van der Waals surface area (Å²) in [6.07, 6.45) is 5.20. The molecule has 3 heterocycles. The summed E-state index contributed by atoms with van der Waals surface area (Å²) in [7, 11) is 0. The molecule has 1 fully saturated rings. The molecule has 0 spiro atoms. The molecule has 2 aromatic carbocycles. The number of hydroxylamine groups is 2. The maximum Gasteiger partial charge on any atom is 0.255 e. The van der Waals surface area contributed by atoms with Gasteiger partial charge in [0.05, 0.1) is 5.69 Å². The molecular weight excluding hydrogens is 466 g/mol. The molecule has 9 heteroatoms. The Morgan fingerprint density at radius 3 is 2.54 bits per heavy atom. The average molecular weight is 496 g/mol. The second-order valence-corrected chi connectivity index (χ2v) is 9.04. The van der Waals surface area contributed by atoms with Gasteiger partial charge in [0.2, 0.25) is 5.95 Å². The second kappa shape index (κ2) is 11.3. The molecule has 188 valence electrons. The number of carbonyl (C=O) groups excluding carboxylic acids is 1. The van der Waals surface area contributed by atoms with E-state index in [1.807, 2.05) is 67.6 Å². The molecule has 0 aliphatic carbocycles. The number of pyridine rings is 1. The summed E-state index contributed by atoms with van der Waals surface area (Å²) in [5.41, 5.74) is 5.96. The van der Waals surface area contributed by atoms with Crippen molar-refractivity contribution in [3.8, 4) is 11.3 Å². The SMILES string of the molecule is Cc1cc(NC(=O)c2ccc(CN3CCN(O)CC3)cc2)ccc1Nc1nccc(-c2cccnc2)n1. The Bertz CT molecular complexity index is 1350. The van der Waals surface area contributed by atoms with Crippen LogP contribution in [0.25, 0.3) is 11.3 Å². The summed E-state index contributed by atoms with van der Waals surface area (Å²) in [6, 6.07) is 19.0. The lowest BCUT2D eigenvalue weighted by molar-refractivity contribution is -0.118. The van der Waals surface area contributed by atoms with E-state index in [1.54, 1.807) is 18.6 Å². The van der Waals surface area contributed by atoms with Crippen molar-refractivity contribution in [1.82, 2.24) is 24.9 Å². The van der Waals surface area contributed by atoms with Crippen LogP contribution < -0.4 is 10.6 Å². The minimum Gasteiger partial charge on any atom is -0.324 e. The summed E-state index contributed by atoms with van der Waals surface area (Å²) in [4.78, 5) is 28.2. The summed E-state index contributed by atoms with van der Waals surface area (Å²) in [5, 5.41) is 17.1. The fourth-order valence-corrected chi connectivity index (χ4v) is 4.21. The van der Waals surface area contributed by atoms with Gasteiger partial charge in [-0.05, 0) is 66.6 Å². The van der Waals surface area contributed by atoms with Crippen molar-refractivity contribution in [2.45, 2.75) is 13.5 Å². The van der Waals surface area contributed by atoms with Crippen molar-refractivity contribution >= 4 is 23.2 Å². The van der Waals surface area contributed by atoms with Crippen LogP contribution in [0, 0.1) is 6.92 Å². The predicted octanol–water partition coefficient (Wildman–Crippen LogP) is 4.35. The number of carbonyl (C=O) groups is 1. The Kier molecular flexibility index (Phi) is 7.46. The zero-order valence-corrected chi connectivity index (χ0v) is 20.6. The lowest BCUT2D eigenvalue weighted by atomic mass is 10.1. The highest BCUT2D eigenvalue weighted by Crippen LogP contribution is 2.24.